The molecule has 0 fully saturated rings. The second-order valence-electron chi connectivity index (χ2n) is 1.31. The van der Waals surface area contributed by atoms with E-state index in [4.69, 9.17) is 24.2 Å². The van der Waals surface area contributed by atoms with Crippen molar-refractivity contribution in [2.75, 3.05) is 0 Å². The van der Waals surface area contributed by atoms with Crippen LogP contribution >= 0.6 is 11.6 Å². The van der Waals surface area contributed by atoms with Gasteiger partial charge in [0.2, 0.25) is 0 Å². The number of pyridine rings is 1. The van der Waals surface area contributed by atoms with Crippen molar-refractivity contribution in [3.63, 3.8) is 0 Å². The molecule has 0 radical (unpaired) electrons. The third kappa shape index (κ3) is 3.27. The summed E-state index contributed by atoms with van der Waals surface area (Å²) in [6.07, 6.45) is 3.15. The van der Waals surface area contributed by atoms with Gasteiger partial charge in [0.25, 0.3) is 0 Å². The maximum absolute atomic E-state index is 5.54. The van der Waals surface area contributed by atoms with E-state index >= 15 is 0 Å². The van der Waals surface area contributed by atoms with Crippen molar-refractivity contribution in [3.05, 3.63) is 23.5 Å². The van der Waals surface area contributed by atoms with Crippen LogP contribution in [0.4, 0.5) is 0 Å². The van der Waals surface area contributed by atoms with Crippen LogP contribution in [0, 0.1) is 0 Å². The zero-order chi connectivity index (χ0) is 5.98. The summed E-state index contributed by atoms with van der Waals surface area (Å²) in [7, 11) is 0. The van der Waals surface area contributed by atoms with Crippen LogP contribution in [0.5, 0.6) is 0 Å². The Bertz CT molecular complexity index is 173. The fourth-order valence-electron chi connectivity index (χ4n) is 0.362. The predicted octanol–water partition coefficient (Wildman–Crippen LogP) is -1.36. The van der Waals surface area contributed by atoms with E-state index in [1.807, 2.05) is 0 Å². The molecule has 0 amide bonds. The Morgan fingerprint density at radius 3 is 2.56 bits per heavy atom. The summed E-state index contributed by atoms with van der Waals surface area (Å²) in [5.74, 6) is 0. The van der Waals surface area contributed by atoms with E-state index in [0.29, 0.717) is 9.92 Å². The van der Waals surface area contributed by atoms with Crippen LogP contribution < -0.4 is 51.4 Å². The van der Waals surface area contributed by atoms with E-state index < -0.39 is 0 Å². The largest absolute Gasteiger partial charge is 1.00 e. The molecule has 1 aromatic heterocycles. The monoisotopic (exact) mass is 183 g/mol. The Hall–Kier alpha value is 1.30. The molecule has 0 bridgehead atoms. The number of aromatic nitrogens is 1. The van der Waals surface area contributed by atoms with Gasteiger partial charge in [0, 0.05) is 17.4 Å². The average Bonchev–Trinajstić information content (AvgIpc) is 1.77. The number of hydrogen-bond acceptors (Lipinski definition) is 2. The number of hydrogen-bond donors (Lipinski definition) is 0. The van der Waals surface area contributed by atoms with Crippen LogP contribution in [0.1, 0.15) is 0 Å². The first-order chi connectivity index (χ1) is 3.80. The molecule has 0 saturated heterocycles. The summed E-state index contributed by atoms with van der Waals surface area (Å²) in [6.45, 7) is 0. The Kier molecular flexibility index (Phi) is 5.74. The smallest absolute Gasteiger partial charge is 0.778 e. The van der Waals surface area contributed by atoms with Crippen molar-refractivity contribution in [1.29, 1.82) is 0 Å². The maximum atomic E-state index is 5.54. The summed E-state index contributed by atoms with van der Waals surface area (Å²) in [4.78, 5) is 4.40. The second-order valence-corrected chi connectivity index (χ2v) is 2.15. The standard InChI is InChI=1S/C5H4ClNS.K/c6-4-3-7-2-1-5(4)8;/h1-3H,(H,7,8);/q;+1/p-1. The summed E-state index contributed by atoms with van der Waals surface area (Å²) in [5, 5.41) is 0.544. The maximum Gasteiger partial charge on any atom is 1.00 e. The van der Waals surface area contributed by atoms with E-state index in [-0.39, 0.29) is 51.4 Å². The molecule has 0 unspecified atom stereocenters. The Balaban J connectivity index is 0.000000640. The Morgan fingerprint density at radius 1 is 1.56 bits per heavy atom. The van der Waals surface area contributed by atoms with Crippen LogP contribution in [0.2, 0.25) is 5.02 Å². The summed E-state index contributed by atoms with van der Waals surface area (Å²) < 4.78 is 0. The minimum absolute atomic E-state index is 0. The van der Waals surface area contributed by atoms with Gasteiger partial charge in [-0.05, 0) is 0 Å². The molecule has 1 rings (SSSR count). The predicted molar refractivity (Wildman–Crippen MR) is 34.9 cm³/mol. The van der Waals surface area contributed by atoms with Gasteiger partial charge >= 0.3 is 51.4 Å². The molecule has 9 heavy (non-hydrogen) atoms. The van der Waals surface area contributed by atoms with Gasteiger partial charge in [-0.3, -0.25) is 4.98 Å². The molecule has 0 saturated carbocycles. The fraction of sp³-hybridized carbons (Fsp3) is 0. The Morgan fingerprint density at radius 2 is 2.22 bits per heavy atom. The third-order valence-electron chi connectivity index (χ3n) is 0.735. The van der Waals surface area contributed by atoms with Crippen LogP contribution in [-0.2, 0) is 12.6 Å². The number of rotatable bonds is 0. The van der Waals surface area contributed by atoms with Crippen LogP contribution in [0.25, 0.3) is 0 Å². The first kappa shape index (κ1) is 10.3. The zero-order valence-corrected chi connectivity index (χ0v) is 9.66. The Labute approximate surface area is 107 Å². The average molecular weight is 184 g/mol. The fourth-order valence-corrected chi connectivity index (χ4v) is 0.595. The van der Waals surface area contributed by atoms with Crippen LogP contribution in [0.3, 0.4) is 0 Å². The quantitative estimate of drug-likeness (QED) is 0.364. The molecular weight excluding hydrogens is 181 g/mol. The molecule has 1 heterocycles. The summed E-state index contributed by atoms with van der Waals surface area (Å²) in [5.41, 5.74) is 0. The molecule has 4 heteroatoms. The summed E-state index contributed by atoms with van der Waals surface area (Å²) in [6, 6.07) is 1.69. The van der Waals surface area contributed by atoms with Gasteiger partial charge < -0.3 is 12.6 Å². The van der Waals surface area contributed by atoms with Gasteiger partial charge in [0.1, 0.15) is 0 Å². The molecule has 1 aromatic rings. The van der Waals surface area contributed by atoms with Crippen molar-refractivity contribution in [1.82, 2.24) is 4.98 Å². The number of nitrogens with zero attached hydrogens (tertiary/aromatic N) is 1. The molecule has 0 aliphatic rings. The van der Waals surface area contributed by atoms with Crippen molar-refractivity contribution in [2.45, 2.75) is 4.90 Å². The van der Waals surface area contributed by atoms with Gasteiger partial charge in [-0.1, -0.05) is 17.7 Å². The van der Waals surface area contributed by atoms with Gasteiger partial charge in [0.15, 0.2) is 0 Å². The molecule has 0 spiro atoms. The SMILES string of the molecule is [K+].[S-]c1ccncc1Cl. The first-order valence-electron chi connectivity index (χ1n) is 2.07. The molecule has 0 aliphatic heterocycles. The van der Waals surface area contributed by atoms with Crippen molar-refractivity contribution in [3.8, 4) is 0 Å². The van der Waals surface area contributed by atoms with E-state index in [2.05, 4.69) is 4.98 Å². The van der Waals surface area contributed by atoms with Crippen molar-refractivity contribution in [2.24, 2.45) is 0 Å². The van der Waals surface area contributed by atoms with E-state index in [9.17, 15) is 0 Å². The molecule has 0 aromatic carbocycles. The first-order valence-corrected chi connectivity index (χ1v) is 2.86. The van der Waals surface area contributed by atoms with Gasteiger partial charge in [0.05, 0.1) is 0 Å². The molecule has 42 valence electrons. The molecule has 0 aliphatic carbocycles. The summed E-state index contributed by atoms with van der Waals surface area (Å²) >= 11 is 10.3. The van der Waals surface area contributed by atoms with Gasteiger partial charge in [-0.25, -0.2) is 0 Å². The van der Waals surface area contributed by atoms with Crippen molar-refractivity contribution >= 4 is 24.2 Å². The van der Waals surface area contributed by atoms with E-state index in [1.54, 1.807) is 12.3 Å². The minimum atomic E-state index is 0. The molecule has 0 atom stereocenters. The third-order valence-corrected chi connectivity index (χ3v) is 1.50. The van der Waals surface area contributed by atoms with Gasteiger partial charge in [-0.15, -0.1) is 0 Å². The number of halogens is 1. The zero-order valence-electron chi connectivity index (χ0n) is 4.97. The van der Waals surface area contributed by atoms with Crippen molar-refractivity contribution < 1.29 is 51.4 Å². The second kappa shape index (κ2) is 5.01. The molecule has 0 N–H and O–H groups in total. The normalized spacial score (nSPS) is 8.11. The topological polar surface area (TPSA) is 12.9 Å². The van der Waals surface area contributed by atoms with E-state index in [1.165, 1.54) is 6.20 Å². The van der Waals surface area contributed by atoms with Crippen LogP contribution in [0.15, 0.2) is 23.4 Å². The van der Waals surface area contributed by atoms with E-state index in [0.717, 1.165) is 0 Å². The van der Waals surface area contributed by atoms with Crippen LogP contribution in [-0.4, -0.2) is 4.98 Å². The molecule has 1 nitrogen and oxygen atoms in total. The minimum Gasteiger partial charge on any atom is -0.778 e. The van der Waals surface area contributed by atoms with Gasteiger partial charge in [-0.2, -0.15) is 4.90 Å². The molecular formula is C5H3ClKNS.